The van der Waals surface area contributed by atoms with Crippen LogP contribution in [-0.2, 0) is 0 Å². The van der Waals surface area contributed by atoms with E-state index in [0.29, 0.717) is 5.88 Å². The summed E-state index contributed by atoms with van der Waals surface area (Å²) < 4.78 is 4.87. The first kappa shape index (κ1) is 12.0. The van der Waals surface area contributed by atoms with E-state index in [4.69, 9.17) is 9.84 Å². The SMILES string of the molecule is COc1cccc(C(=O)CCNC(=O)O)n1. The lowest BCUT2D eigenvalue weighted by Crippen LogP contribution is -2.24. The summed E-state index contributed by atoms with van der Waals surface area (Å²) in [5.41, 5.74) is 0.270. The van der Waals surface area contributed by atoms with Crippen molar-refractivity contribution in [2.45, 2.75) is 6.42 Å². The standard InChI is InChI=1S/C10H12N2O4/c1-16-9-4-2-3-7(12-9)8(13)5-6-11-10(14)15/h2-4,11H,5-6H2,1H3,(H,14,15). The number of ether oxygens (including phenoxy) is 1. The van der Waals surface area contributed by atoms with Crippen molar-refractivity contribution in [3.8, 4) is 5.88 Å². The molecule has 6 heteroatoms. The number of nitrogens with zero attached hydrogens (tertiary/aromatic N) is 1. The van der Waals surface area contributed by atoms with Crippen molar-refractivity contribution >= 4 is 11.9 Å². The molecular weight excluding hydrogens is 212 g/mol. The third-order valence-corrected chi connectivity index (χ3v) is 1.85. The molecule has 0 aliphatic heterocycles. The molecule has 0 bridgehead atoms. The van der Waals surface area contributed by atoms with Crippen LogP contribution in [0.1, 0.15) is 16.9 Å². The van der Waals surface area contributed by atoms with Crippen LogP contribution in [0.3, 0.4) is 0 Å². The number of carbonyl (C=O) groups is 2. The Hall–Kier alpha value is -2.11. The quantitative estimate of drug-likeness (QED) is 0.726. The maximum Gasteiger partial charge on any atom is 0.404 e. The van der Waals surface area contributed by atoms with Gasteiger partial charge in [0.1, 0.15) is 5.69 Å². The maximum absolute atomic E-state index is 11.5. The minimum atomic E-state index is -1.15. The van der Waals surface area contributed by atoms with Gasteiger partial charge < -0.3 is 15.2 Å². The van der Waals surface area contributed by atoms with Crippen molar-refractivity contribution in [1.29, 1.82) is 0 Å². The van der Waals surface area contributed by atoms with Gasteiger partial charge >= 0.3 is 6.09 Å². The topological polar surface area (TPSA) is 88.5 Å². The number of pyridine rings is 1. The van der Waals surface area contributed by atoms with Crippen LogP contribution in [0.2, 0.25) is 0 Å². The fourth-order valence-corrected chi connectivity index (χ4v) is 1.09. The number of aromatic nitrogens is 1. The molecule has 0 atom stereocenters. The van der Waals surface area contributed by atoms with Crippen molar-refractivity contribution in [2.75, 3.05) is 13.7 Å². The molecule has 1 heterocycles. The molecule has 0 unspecified atom stereocenters. The fraction of sp³-hybridized carbons (Fsp3) is 0.300. The zero-order valence-electron chi connectivity index (χ0n) is 8.77. The molecule has 86 valence electrons. The molecule has 0 aliphatic carbocycles. The highest BCUT2D eigenvalue weighted by molar-refractivity contribution is 5.94. The van der Waals surface area contributed by atoms with Crippen molar-refractivity contribution in [1.82, 2.24) is 10.3 Å². The van der Waals surface area contributed by atoms with E-state index in [2.05, 4.69) is 10.3 Å². The van der Waals surface area contributed by atoms with Gasteiger partial charge in [0.25, 0.3) is 0 Å². The number of hydrogen-bond donors (Lipinski definition) is 2. The number of rotatable bonds is 5. The second-order valence-corrected chi connectivity index (χ2v) is 2.97. The van der Waals surface area contributed by atoms with Gasteiger partial charge in [-0.1, -0.05) is 6.07 Å². The van der Waals surface area contributed by atoms with Gasteiger partial charge in [-0.2, -0.15) is 0 Å². The Kier molecular flexibility index (Phi) is 4.26. The number of amides is 1. The van der Waals surface area contributed by atoms with Gasteiger partial charge in [-0.25, -0.2) is 9.78 Å². The molecule has 0 saturated carbocycles. The third kappa shape index (κ3) is 3.56. The number of carboxylic acid groups (broad SMARTS) is 1. The number of carbonyl (C=O) groups excluding carboxylic acids is 1. The Bertz CT molecular complexity index is 392. The van der Waals surface area contributed by atoms with Crippen LogP contribution < -0.4 is 10.1 Å². The highest BCUT2D eigenvalue weighted by Gasteiger charge is 2.08. The molecule has 1 amide bonds. The highest BCUT2D eigenvalue weighted by atomic mass is 16.5. The lowest BCUT2D eigenvalue weighted by molar-refractivity contribution is 0.0977. The van der Waals surface area contributed by atoms with Gasteiger partial charge in [-0.15, -0.1) is 0 Å². The van der Waals surface area contributed by atoms with Crippen molar-refractivity contribution in [2.24, 2.45) is 0 Å². The highest BCUT2D eigenvalue weighted by Crippen LogP contribution is 2.08. The van der Waals surface area contributed by atoms with E-state index in [1.165, 1.54) is 7.11 Å². The zero-order chi connectivity index (χ0) is 12.0. The molecule has 0 aliphatic rings. The van der Waals surface area contributed by atoms with Gasteiger partial charge in [0.2, 0.25) is 5.88 Å². The Labute approximate surface area is 92.3 Å². The predicted octanol–water partition coefficient (Wildman–Crippen LogP) is 0.931. The van der Waals surface area contributed by atoms with Crippen LogP contribution in [0.5, 0.6) is 5.88 Å². The molecule has 1 aromatic rings. The molecular formula is C10H12N2O4. The first-order valence-electron chi connectivity index (χ1n) is 4.64. The van der Waals surface area contributed by atoms with Crippen molar-refractivity contribution < 1.29 is 19.4 Å². The summed E-state index contributed by atoms with van der Waals surface area (Å²) in [5.74, 6) is 0.129. The number of hydrogen-bond acceptors (Lipinski definition) is 4. The lowest BCUT2D eigenvalue weighted by atomic mass is 10.2. The van der Waals surface area contributed by atoms with E-state index in [0.717, 1.165) is 0 Å². The zero-order valence-corrected chi connectivity index (χ0v) is 8.77. The summed E-state index contributed by atoms with van der Waals surface area (Å²) in [6.45, 7) is 0.0764. The van der Waals surface area contributed by atoms with Crippen LogP contribution >= 0.6 is 0 Å². The van der Waals surface area contributed by atoms with Crippen LogP contribution in [0.4, 0.5) is 4.79 Å². The van der Waals surface area contributed by atoms with E-state index >= 15 is 0 Å². The molecule has 1 rings (SSSR count). The minimum absolute atomic E-state index is 0.0759. The monoisotopic (exact) mass is 224 g/mol. The second-order valence-electron chi connectivity index (χ2n) is 2.97. The van der Waals surface area contributed by atoms with Gasteiger partial charge in [0, 0.05) is 19.0 Å². The molecule has 6 nitrogen and oxygen atoms in total. The van der Waals surface area contributed by atoms with E-state index in [9.17, 15) is 9.59 Å². The van der Waals surface area contributed by atoms with Gasteiger partial charge in [0.05, 0.1) is 7.11 Å². The van der Waals surface area contributed by atoms with Crippen LogP contribution in [-0.4, -0.2) is 35.6 Å². The lowest BCUT2D eigenvalue weighted by Gasteiger charge is -2.02. The average Bonchev–Trinajstić information content (AvgIpc) is 2.28. The molecule has 2 N–H and O–H groups in total. The van der Waals surface area contributed by atoms with Crippen LogP contribution in [0.25, 0.3) is 0 Å². The van der Waals surface area contributed by atoms with E-state index < -0.39 is 6.09 Å². The smallest absolute Gasteiger partial charge is 0.404 e. The predicted molar refractivity (Wildman–Crippen MR) is 55.8 cm³/mol. The number of ketones is 1. The Balaban J connectivity index is 2.55. The van der Waals surface area contributed by atoms with Crippen molar-refractivity contribution in [3.05, 3.63) is 23.9 Å². The van der Waals surface area contributed by atoms with Crippen molar-refractivity contribution in [3.63, 3.8) is 0 Å². The Morgan fingerprint density at radius 2 is 2.25 bits per heavy atom. The molecule has 0 aromatic carbocycles. The summed E-state index contributed by atoms with van der Waals surface area (Å²) in [5, 5.41) is 10.4. The summed E-state index contributed by atoms with van der Waals surface area (Å²) in [7, 11) is 1.46. The number of Topliss-reactive ketones (excluding diaryl/α,β-unsaturated/α-hetero) is 1. The fourth-order valence-electron chi connectivity index (χ4n) is 1.09. The number of methoxy groups -OCH3 is 1. The van der Waals surface area contributed by atoms with E-state index in [1.807, 2.05) is 0 Å². The summed E-state index contributed by atoms with van der Waals surface area (Å²) in [4.78, 5) is 25.6. The molecule has 1 aromatic heterocycles. The second kappa shape index (κ2) is 5.69. The summed E-state index contributed by atoms with van der Waals surface area (Å²) in [6.07, 6.45) is -1.07. The first-order chi connectivity index (χ1) is 7.63. The normalized spacial score (nSPS) is 9.56. The largest absolute Gasteiger partial charge is 0.481 e. The maximum atomic E-state index is 11.5. The summed E-state index contributed by atoms with van der Waals surface area (Å²) in [6, 6.07) is 4.85. The molecule has 0 spiro atoms. The average molecular weight is 224 g/mol. The van der Waals surface area contributed by atoms with E-state index in [-0.39, 0.29) is 24.4 Å². The Morgan fingerprint density at radius 3 is 2.88 bits per heavy atom. The first-order valence-corrected chi connectivity index (χ1v) is 4.64. The van der Waals surface area contributed by atoms with Crippen LogP contribution in [0, 0.1) is 0 Å². The van der Waals surface area contributed by atoms with Gasteiger partial charge in [-0.05, 0) is 6.07 Å². The Morgan fingerprint density at radius 1 is 1.50 bits per heavy atom. The molecule has 0 radical (unpaired) electrons. The molecule has 16 heavy (non-hydrogen) atoms. The van der Waals surface area contributed by atoms with E-state index in [1.54, 1.807) is 18.2 Å². The van der Waals surface area contributed by atoms with Gasteiger partial charge in [-0.3, -0.25) is 4.79 Å². The molecule has 0 saturated heterocycles. The third-order valence-electron chi connectivity index (χ3n) is 1.85. The van der Waals surface area contributed by atoms with Gasteiger partial charge in [0.15, 0.2) is 5.78 Å². The minimum Gasteiger partial charge on any atom is -0.481 e. The van der Waals surface area contributed by atoms with Crippen LogP contribution in [0.15, 0.2) is 18.2 Å². The molecule has 0 fully saturated rings. The number of nitrogens with one attached hydrogen (secondary N) is 1. The summed E-state index contributed by atoms with van der Waals surface area (Å²) >= 11 is 0.